The highest BCUT2D eigenvalue weighted by atomic mass is 32.1. The molecule has 2 heterocycles. The third kappa shape index (κ3) is 4.26. The number of fused-ring (bicyclic) bond motifs is 2. The van der Waals surface area contributed by atoms with Crippen molar-refractivity contribution in [2.45, 2.75) is 63.6 Å². The van der Waals surface area contributed by atoms with Crippen LogP contribution in [0.4, 0.5) is 0 Å². The molecule has 1 amide bonds. The van der Waals surface area contributed by atoms with Gasteiger partial charge in [0.2, 0.25) is 5.91 Å². The third-order valence-corrected chi connectivity index (χ3v) is 5.50. The fraction of sp³-hybridized carbons (Fsp3) is 0.579. The average molecular weight is 346 g/mol. The molecule has 2 atom stereocenters. The maximum absolute atomic E-state index is 11.4. The lowest BCUT2D eigenvalue weighted by molar-refractivity contribution is -0.120. The maximum atomic E-state index is 11.4. The minimum Gasteiger partial charge on any atom is -0.362 e. The lowest BCUT2D eigenvalue weighted by Gasteiger charge is -2.50. The molecule has 1 aromatic rings. The molecule has 0 aromatic heterocycles. The van der Waals surface area contributed by atoms with E-state index in [1.165, 1.54) is 24.8 Å². The van der Waals surface area contributed by atoms with E-state index in [1.54, 1.807) is 6.92 Å². The highest BCUT2D eigenvalue weighted by Crippen LogP contribution is 2.34. The molecule has 0 saturated carbocycles. The van der Waals surface area contributed by atoms with Gasteiger partial charge < -0.3 is 15.5 Å². The molecule has 2 bridgehead atoms. The van der Waals surface area contributed by atoms with Crippen LogP contribution < -0.4 is 10.6 Å². The summed E-state index contributed by atoms with van der Waals surface area (Å²) >= 11 is 5.70. The Morgan fingerprint density at radius 1 is 1.21 bits per heavy atom. The first-order valence-corrected chi connectivity index (χ1v) is 9.41. The SMILES string of the molecule is CC(=O)NC1C[C@@H]2CCC[C@@H](C1)N2C(=S)NCCc1ccccc1. The van der Waals surface area contributed by atoms with E-state index in [2.05, 4.69) is 39.8 Å². The molecule has 2 N–H and O–H groups in total. The van der Waals surface area contributed by atoms with Gasteiger partial charge in [-0.3, -0.25) is 4.79 Å². The van der Waals surface area contributed by atoms with Crippen LogP contribution in [0.5, 0.6) is 0 Å². The van der Waals surface area contributed by atoms with Gasteiger partial charge in [-0.05, 0) is 56.3 Å². The van der Waals surface area contributed by atoms with Crippen LogP contribution in [0.3, 0.4) is 0 Å². The maximum Gasteiger partial charge on any atom is 0.217 e. The van der Waals surface area contributed by atoms with Gasteiger partial charge >= 0.3 is 0 Å². The van der Waals surface area contributed by atoms with Gasteiger partial charge in [0.15, 0.2) is 5.11 Å². The van der Waals surface area contributed by atoms with Crippen molar-refractivity contribution in [2.24, 2.45) is 0 Å². The second-order valence-electron chi connectivity index (χ2n) is 6.98. The van der Waals surface area contributed by atoms with Crippen molar-refractivity contribution < 1.29 is 4.79 Å². The molecule has 0 radical (unpaired) electrons. The van der Waals surface area contributed by atoms with Crippen molar-refractivity contribution in [3.8, 4) is 0 Å². The minimum atomic E-state index is 0.0788. The Kier molecular flexibility index (Phi) is 5.72. The van der Waals surface area contributed by atoms with Gasteiger partial charge in [-0.15, -0.1) is 0 Å². The third-order valence-electron chi connectivity index (χ3n) is 5.15. The van der Waals surface area contributed by atoms with E-state index in [0.29, 0.717) is 18.1 Å². The van der Waals surface area contributed by atoms with Gasteiger partial charge in [-0.25, -0.2) is 0 Å². The zero-order valence-corrected chi connectivity index (χ0v) is 15.1. The summed E-state index contributed by atoms with van der Waals surface area (Å²) in [5.41, 5.74) is 1.33. The topological polar surface area (TPSA) is 44.4 Å². The Balaban J connectivity index is 1.53. The zero-order valence-electron chi connectivity index (χ0n) is 14.3. The predicted molar refractivity (Wildman–Crippen MR) is 101 cm³/mol. The molecular formula is C19H27N3OS. The second-order valence-corrected chi connectivity index (χ2v) is 7.37. The Labute approximate surface area is 150 Å². The highest BCUT2D eigenvalue weighted by molar-refractivity contribution is 7.80. The van der Waals surface area contributed by atoms with Crippen molar-refractivity contribution in [1.82, 2.24) is 15.5 Å². The van der Waals surface area contributed by atoms with E-state index in [9.17, 15) is 4.79 Å². The monoisotopic (exact) mass is 345 g/mol. The number of hydrogen-bond acceptors (Lipinski definition) is 2. The normalized spacial score (nSPS) is 25.9. The van der Waals surface area contributed by atoms with E-state index >= 15 is 0 Å². The van der Waals surface area contributed by atoms with E-state index < -0.39 is 0 Å². The number of carbonyl (C=O) groups is 1. The number of hydrogen-bond donors (Lipinski definition) is 2. The molecule has 2 aliphatic heterocycles. The number of thiocarbonyl (C=S) groups is 1. The van der Waals surface area contributed by atoms with Crippen LogP contribution in [0.25, 0.3) is 0 Å². The number of rotatable bonds is 4. The van der Waals surface area contributed by atoms with Crippen molar-refractivity contribution in [1.29, 1.82) is 0 Å². The first kappa shape index (κ1) is 17.2. The number of benzene rings is 1. The lowest BCUT2D eigenvalue weighted by atomic mass is 9.82. The lowest BCUT2D eigenvalue weighted by Crippen LogP contribution is -2.60. The number of nitrogens with zero attached hydrogens (tertiary/aromatic N) is 1. The average Bonchev–Trinajstić information content (AvgIpc) is 2.54. The molecule has 2 aliphatic rings. The van der Waals surface area contributed by atoms with Crippen LogP contribution in [-0.2, 0) is 11.2 Å². The largest absolute Gasteiger partial charge is 0.362 e. The fourth-order valence-electron chi connectivity index (χ4n) is 4.17. The number of nitrogens with one attached hydrogen (secondary N) is 2. The van der Waals surface area contributed by atoms with Crippen LogP contribution in [0.1, 0.15) is 44.6 Å². The Morgan fingerprint density at radius 3 is 2.50 bits per heavy atom. The van der Waals surface area contributed by atoms with Crippen molar-refractivity contribution in [3.05, 3.63) is 35.9 Å². The van der Waals surface area contributed by atoms with E-state index in [4.69, 9.17) is 12.2 Å². The molecule has 3 rings (SSSR count). The quantitative estimate of drug-likeness (QED) is 0.824. The molecule has 24 heavy (non-hydrogen) atoms. The first-order chi connectivity index (χ1) is 11.6. The molecule has 0 unspecified atom stereocenters. The molecule has 5 heteroatoms. The van der Waals surface area contributed by atoms with Gasteiger partial charge in [0, 0.05) is 31.6 Å². The number of carbonyl (C=O) groups excluding carboxylic acids is 1. The van der Waals surface area contributed by atoms with E-state index in [1.807, 2.05) is 6.07 Å². The number of piperidine rings is 2. The van der Waals surface area contributed by atoms with Gasteiger partial charge in [-0.2, -0.15) is 0 Å². The standard InChI is InChI=1S/C19H27N3OS/c1-14(23)21-16-12-17-8-5-9-18(13-16)22(17)19(24)20-11-10-15-6-3-2-4-7-15/h2-4,6-7,16-18H,5,8-13H2,1H3,(H,20,24)(H,21,23)/t17-,18-/m0/s1. The number of amides is 1. The van der Waals surface area contributed by atoms with Gasteiger partial charge in [0.05, 0.1) is 0 Å². The van der Waals surface area contributed by atoms with Gasteiger partial charge in [0.1, 0.15) is 0 Å². The van der Waals surface area contributed by atoms with Crippen molar-refractivity contribution in [2.75, 3.05) is 6.54 Å². The highest BCUT2D eigenvalue weighted by Gasteiger charge is 2.39. The summed E-state index contributed by atoms with van der Waals surface area (Å²) in [6, 6.07) is 11.7. The van der Waals surface area contributed by atoms with Crippen molar-refractivity contribution >= 4 is 23.2 Å². The zero-order chi connectivity index (χ0) is 16.9. The first-order valence-electron chi connectivity index (χ1n) is 9.00. The summed E-state index contributed by atoms with van der Waals surface area (Å²) in [4.78, 5) is 13.8. The summed E-state index contributed by atoms with van der Waals surface area (Å²) in [5, 5.41) is 7.45. The van der Waals surface area contributed by atoms with E-state index in [-0.39, 0.29) is 5.91 Å². The Morgan fingerprint density at radius 2 is 1.88 bits per heavy atom. The summed E-state index contributed by atoms with van der Waals surface area (Å²) in [6.45, 7) is 2.48. The molecule has 2 saturated heterocycles. The predicted octanol–water partition coefficient (Wildman–Crippen LogP) is 2.63. The second kappa shape index (κ2) is 7.97. The Hall–Kier alpha value is -1.62. The molecular weight excluding hydrogens is 318 g/mol. The van der Waals surface area contributed by atoms with Gasteiger partial charge in [-0.1, -0.05) is 30.3 Å². The molecule has 130 valence electrons. The smallest absolute Gasteiger partial charge is 0.217 e. The molecule has 0 aliphatic carbocycles. The summed E-state index contributed by atoms with van der Waals surface area (Å²) in [6.07, 6.45) is 6.62. The summed E-state index contributed by atoms with van der Waals surface area (Å²) in [7, 11) is 0. The molecule has 2 fully saturated rings. The Bertz CT molecular complexity index is 563. The van der Waals surface area contributed by atoms with Crippen LogP contribution in [0.15, 0.2) is 30.3 Å². The van der Waals surface area contributed by atoms with E-state index in [0.717, 1.165) is 30.9 Å². The van der Waals surface area contributed by atoms with Crippen LogP contribution in [-0.4, -0.2) is 40.6 Å². The summed E-state index contributed by atoms with van der Waals surface area (Å²) in [5.74, 6) is 0.0788. The molecule has 1 aromatic carbocycles. The van der Waals surface area contributed by atoms with Crippen LogP contribution >= 0.6 is 12.2 Å². The van der Waals surface area contributed by atoms with Gasteiger partial charge in [0.25, 0.3) is 0 Å². The molecule has 4 nitrogen and oxygen atoms in total. The van der Waals surface area contributed by atoms with Crippen molar-refractivity contribution in [3.63, 3.8) is 0 Å². The van der Waals surface area contributed by atoms with Crippen LogP contribution in [0, 0.1) is 0 Å². The fourth-order valence-corrected chi connectivity index (χ4v) is 4.57. The van der Waals surface area contributed by atoms with Crippen LogP contribution in [0.2, 0.25) is 0 Å². The summed E-state index contributed by atoms with van der Waals surface area (Å²) < 4.78 is 0. The minimum absolute atomic E-state index is 0.0788. The molecule has 0 spiro atoms.